The second-order valence-electron chi connectivity index (χ2n) is 11.4. The standard InChI is InChI=1S/C40H27N6.Pt/c1-43-27-44(37-22-11-10-21-36(37)43)30-17-12-18-31(25-30)45-35-20-9-8-19-33(35)34-24-23-32(26-38(34)45)46-40(29-15-6-3-7-16-29)41-39(42-46)28-13-4-2-5-14-28;/h2-24,27H,1H3;/q-3;. The Labute approximate surface area is 287 Å². The molecule has 0 spiro atoms. The topological polar surface area (TPSA) is 42.1 Å². The SMILES string of the molecule is CN1[CH-]N(c2[c-]c(-n3c4[c-]c(-n5nc(-c6ccccc6)nc5-c5ccccc5)ccc4c4ccccc43)ccc2)c2ccccc21.[Pt]. The molecule has 0 N–H and O–H groups in total. The first kappa shape index (κ1) is 29.0. The van der Waals surface area contributed by atoms with E-state index in [-0.39, 0.29) is 21.1 Å². The van der Waals surface area contributed by atoms with Crippen molar-refractivity contribution in [3.05, 3.63) is 158 Å². The molecular weight excluding hydrogens is 760 g/mol. The molecular formula is C40H27N6Pt-3. The maximum Gasteiger partial charge on any atom is 0.182 e. The molecule has 230 valence electrons. The summed E-state index contributed by atoms with van der Waals surface area (Å²) < 4.78 is 4.16. The van der Waals surface area contributed by atoms with E-state index in [0.717, 1.165) is 67.2 Å². The Morgan fingerprint density at radius 1 is 0.574 bits per heavy atom. The molecule has 8 aromatic rings. The first-order valence-electron chi connectivity index (χ1n) is 15.3. The normalized spacial score (nSPS) is 12.4. The second kappa shape index (κ2) is 11.7. The number of anilines is 3. The van der Waals surface area contributed by atoms with Crippen LogP contribution in [0.4, 0.5) is 17.1 Å². The Kier molecular flexibility index (Phi) is 7.23. The van der Waals surface area contributed by atoms with E-state index in [1.54, 1.807) is 0 Å². The van der Waals surface area contributed by atoms with E-state index >= 15 is 0 Å². The predicted molar refractivity (Wildman–Crippen MR) is 186 cm³/mol. The van der Waals surface area contributed by atoms with E-state index in [0.29, 0.717) is 5.82 Å². The molecule has 0 aliphatic carbocycles. The van der Waals surface area contributed by atoms with E-state index in [1.165, 1.54) is 0 Å². The number of fused-ring (bicyclic) bond motifs is 4. The smallest absolute Gasteiger partial charge is 0.182 e. The van der Waals surface area contributed by atoms with Gasteiger partial charge in [-0.2, -0.15) is 18.8 Å². The Morgan fingerprint density at radius 2 is 1.26 bits per heavy atom. The van der Waals surface area contributed by atoms with Gasteiger partial charge in [-0.15, -0.1) is 46.5 Å². The molecule has 6 aromatic carbocycles. The molecule has 0 fully saturated rings. The number of benzene rings is 6. The van der Waals surface area contributed by atoms with Gasteiger partial charge in [-0.25, -0.2) is 9.67 Å². The van der Waals surface area contributed by atoms with Crippen LogP contribution in [0.15, 0.2) is 140 Å². The number of nitrogens with zero attached hydrogens (tertiary/aromatic N) is 6. The van der Waals surface area contributed by atoms with Gasteiger partial charge < -0.3 is 14.4 Å². The summed E-state index contributed by atoms with van der Waals surface area (Å²) in [6, 6.07) is 55.3. The molecule has 1 aliphatic rings. The zero-order valence-corrected chi connectivity index (χ0v) is 27.6. The minimum Gasteiger partial charge on any atom is -0.504 e. The van der Waals surface area contributed by atoms with Crippen molar-refractivity contribution in [2.24, 2.45) is 0 Å². The van der Waals surface area contributed by atoms with Gasteiger partial charge in [-0.05, 0) is 36.3 Å². The first-order valence-corrected chi connectivity index (χ1v) is 15.3. The number of hydrogen-bond acceptors (Lipinski definition) is 4. The maximum atomic E-state index is 5.03. The first-order chi connectivity index (χ1) is 22.7. The van der Waals surface area contributed by atoms with Crippen LogP contribution in [0.2, 0.25) is 0 Å². The van der Waals surface area contributed by atoms with Crippen molar-refractivity contribution in [1.29, 1.82) is 0 Å². The summed E-state index contributed by atoms with van der Waals surface area (Å²) in [7, 11) is 2.07. The summed E-state index contributed by atoms with van der Waals surface area (Å²) >= 11 is 0. The second-order valence-corrected chi connectivity index (χ2v) is 11.4. The molecule has 0 radical (unpaired) electrons. The zero-order valence-electron chi connectivity index (χ0n) is 25.4. The molecule has 3 heterocycles. The fraction of sp³-hybridized carbons (Fsp3) is 0.0250. The van der Waals surface area contributed by atoms with Gasteiger partial charge in [-0.3, -0.25) is 0 Å². The van der Waals surface area contributed by atoms with Gasteiger partial charge >= 0.3 is 0 Å². The number of hydrogen-bond donors (Lipinski definition) is 0. The van der Waals surface area contributed by atoms with Gasteiger partial charge in [0.25, 0.3) is 0 Å². The van der Waals surface area contributed by atoms with Crippen LogP contribution in [0.3, 0.4) is 0 Å². The third-order valence-electron chi connectivity index (χ3n) is 8.54. The summed E-state index contributed by atoms with van der Waals surface area (Å²) in [4.78, 5) is 9.35. The molecule has 0 bridgehead atoms. The van der Waals surface area contributed by atoms with Crippen molar-refractivity contribution in [2.45, 2.75) is 0 Å². The quantitative estimate of drug-likeness (QED) is 0.164. The van der Waals surface area contributed by atoms with Gasteiger partial charge in [0.05, 0.1) is 0 Å². The van der Waals surface area contributed by atoms with Crippen LogP contribution in [-0.2, 0) is 21.1 Å². The van der Waals surface area contributed by atoms with Crippen LogP contribution in [0, 0.1) is 18.8 Å². The molecule has 0 unspecified atom stereocenters. The Hall–Kier alpha value is -5.45. The van der Waals surface area contributed by atoms with Crippen LogP contribution in [0.25, 0.3) is 56.0 Å². The number of rotatable bonds is 5. The molecule has 2 aromatic heterocycles. The van der Waals surface area contributed by atoms with Crippen LogP contribution in [-0.4, -0.2) is 26.4 Å². The molecule has 7 heteroatoms. The Balaban J connectivity index is 0.00000324. The predicted octanol–water partition coefficient (Wildman–Crippen LogP) is 9.00. The summed E-state index contributed by atoms with van der Waals surface area (Å²) in [5, 5.41) is 7.29. The Bertz CT molecular complexity index is 2380. The summed E-state index contributed by atoms with van der Waals surface area (Å²) in [5.41, 5.74) is 8.99. The summed E-state index contributed by atoms with van der Waals surface area (Å²) in [6.07, 6.45) is 0. The summed E-state index contributed by atoms with van der Waals surface area (Å²) in [5.74, 6) is 1.43. The van der Waals surface area contributed by atoms with Crippen molar-refractivity contribution in [3.8, 4) is 34.2 Å². The molecule has 0 saturated carbocycles. The molecule has 0 saturated heterocycles. The maximum absolute atomic E-state index is 5.03. The van der Waals surface area contributed by atoms with Gasteiger partial charge in [0.2, 0.25) is 0 Å². The van der Waals surface area contributed by atoms with Crippen LogP contribution < -0.4 is 9.80 Å². The molecule has 47 heavy (non-hydrogen) atoms. The molecule has 1 aliphatic heterocycles. The average Bonchev–Trinajstić information content (AvgIpc) is 3.81. The van der Waals surface area contributed by atoms with Crippen molar-refractivity contribution in [1.82, 2.24) is 19.3 Å². The van der Waals surface area contributed by atoms with Crippen molar-refractivity contribution in [3.63, 3.8) is 0 Å². The third kappa shape index (κ3) is 4.84. The third-order valence-corrected chi connectivity index (χ3v) is 8.54. The van der Waals surface area contributed by atoms with Gasteiger partial charge in [0, 0.05) is 49.1 Å². The van der Waals surface area contributed by atoms with E-state index in [1.807, 2.05) is 53.2 Å². The molecule has 0 atom stereocenters. The fourth-order valence-corrected chi connectivity index (χ4v) is 6.39. The molecule has 9 rings (SSSR count). The number of aromatic nitrogens is 4. The fourth-order valence-electron chi connectivity index (χ4n) is 6.39. The van der Waals surface area contributed by atoms with Crippen molar-refractivity contribution >= 4 is 38.9 Å². The van der Waals surface area contributed by atoms with Gasteiger partial charge in [-0.1, -0.05) is 102 Å². The van der Waals surface area contributed by atoms with Crippen LogP contribution in [0.1, 0.15) is 0 Å². The van der Waals surface area contributed by atoms with E-state index in [4.69, 9.17) is 10.1 Å². The van der Waals surface area contributed by atoms with Gasteiger partial charge in [0.15, 0.2) is 11.6 Å². The van der Waals surface area contributed by atoms with Crippen LogP contribution >= 0.6 is 0 Å². The van der Waals surface area contributed by atoms with Crippen LogP contribution in [0.5, 0.6) is 0 Å². The minimum absolute atomic E-state index is 0. The van der Waals surface area contributed by atoms with E-state index in [2.05, 4.69) is 131 Å². The molecule has 0 amide bonds. The van der Waals surface area contributed by atoms with E-state index < -0.39 is 0 Å². The number of para-hydroxylation sites is 3. The largest absolute Gasteiger partial charge is 0.504 e. The monoisotopic (exact) mass is 786 g/mol. The van der Waals surface area contributed by atoms with Crippen molar-refractivity contribution in [2.75, 3.05) is 16.8 Å². The van der Waals surface area contributed by atoms with Gasteiger partial charge in [0.1, 0.15) is 0 Å². The average molecular weight is 787 g/mol. The summed E-state index contributed by atoms with van der Waals surface area (Å²) in [6.45, 7) is 2.11. The zero-order chi connectivity index (χ0) is 30.6. The minimum atomic E-state index is 0. The van der Waals surface area contributed by atoms with Crippen molar-refractivity contribution < 1.29 is 21.1 Å². The molecule has 6 nitrogen and oxygen atoms in total. The Morgan fingerprint density at radius 3 is 2.06 bits per heavy atom. The van der Waals surface area contributed by atoms with E-state index in [9.17, 15) is 0 Å².